The normalized spacial score (nSPS) is 14.6. The number of Topliss-reactive ketones (excluding diaryl/α,β-unsaturated/α-hetero) is 1. The average Bonchev–Trinajstić information content (AvgIpc) is 2.20. The van der Waals surface area contributed by atoms with E-state index < -0.39 is 108 Å². The fraction of sp³-hybridized carbons (Fsp3) is 0.507. The number of amides is 6. The number of benzene rings is 4. The number of ether oxygens (including phenoxy) is 6. The standard InChI is InChI=1S/C67H89FN6O15/c1-14-17-27-51(62(80)70-50(36-43-29-31-45-23-18-19-24-46(45)34-43)63(81)73(11)53(40-88-66(4,5)6)61(79)69-39-56(75)71(9)16-3)72(10)57(76)41-86-48-26-22-25-47(38-48)54(32-30-44-35-49(68)59(85-13)55(37-44)84-12)89-65(83)52-28-20-21-33-74(52)64(82)60(78)67(7,8)42-87-58(77)15-2/h15,18-19,22-26,29,31,34-35,37-38,50-54H,2,14,16-17,20-21,27-28,30,32-33,36,39-42H2,1,3-13H3,(H,69,79)(H,70,80)/t50-,51-,52-,53-,54+/m0/s1. The molecule has 1 aliphatic rings. The fourth-order valence-electron chi connectivity index (χ4n) is 10.0. The first-order chi connectivity index (χ1) is 42.2. The van der Waals surface area contributed by atoms with Crippen molar-refractivity contribution in [3.63, 3.8) is 0 Å². The molecule has 0 bridgehead atoms. The summed E-state index contributed by atoms with van der Waals surface area (Å²) in [4.78, 5) is 130. The lowest BCUT2D eigenvalue weighted by atomic mass is 9.87. The first kappa shape index (κ1) is 71.4. The van der Waals surface area contributed by atoms with Gasteiger partial charge in [0, 0.05) is 46.7 Å². The number of unbranched alkanes of at least 4 members (excludes halogenated alkanes) is 1. The highest BCUT2D eigenvalue weighted by atomic mass is 19.1. The van der Waals surface area contributed by atoms with E-state index in [1.807, 2.05) is 49.4 Å². The van der Waals surface area contributed by atoms with Gasteiger partial charge in [-0.25, -0.2) is 14.0 Å². The fourth-order valence-corrected chi connectivity index (χ4v) is 10.0. The summed E-state index contributed by atoms with van der Waals surface area (Å²) in [5, 5.41) is 7.47. The van der Waals surface area contributed by atoms with Crippen molar-refractivity contribution in [2.45, 2.75) is 142 Å². The minimum Gasteiger partial charge on any atom is -0.493 e. The zero-order valence-corrected chi connectivity index (χ0v) is 53.6. The summed E-state index contributed by atoms with van der Waals surface area (Å²) >= 11 is 0. The minimum atomic E-state index is -1.44. The van der Waals surface area contributed by atoms with Gasteiger partial charge in [-0.1, -0.05) is 80.9 Å². The molecule has 0 spiro atoms. The SMILES string of the molecule is C=CC(=O)OCC(C)(C)C(=O)C(=O)N1CCCC[C@H]1C(=O)O[C@H](CCc1cc(F)c(OC)c(OC)c1)c1cccc(OCC(=O)N(C)[C@@H](CCCC)C(=O)N[C@@H](Cc2ccc3ccccc3c2)C(=O)N(C)[C@@H](COC(C)(C)C)C(=O)NCC(=O)N(C)CC)c1. The van der Waals surface area contributed by atoms with Crippen LogP contribution in [0.15, 0.2) is 91.5 Å². The van der Waals surface area contributed by atoms with Crippen molar-refractivity contribution in [3.8, 4) is 17.2 Å². The van der Waals surface area contributed by atoms with E-state index in [2.05, 4.69) is 17.2 Å². The van der Waals surface area contributed by atoms with Crippen LogP contribution in [-0.4, -0.2) is 177 Å². The lowest BCUT2D eigenvalue weighted by molar-refractivity contribution is -0.165. The van der Waals surface area contributed by atoms with Crippen molar-refractivity contribution >= 4 is 63.9 Å². The molecule has 4 aromatic rings. The number of piperidine rings is 1. The van der Waals surface area contributed by atoms with Gasteiger partial charge in [-0.3, -0.25) is 33.6 Å². The van der Waals surface area contributed by atoms with Crippen LogP contribution in [0.5, 0.6) is 17.2 Å². The summed E-state index contributed by atoms with van der Waals surface area (Å²) in [5.41, 5.74) is -0.577. The monoisotopic (exact) mass is 1240 g/mol. The Hall–Kier alpha value is -8.40. The summed E-state index contributed by atoms with van der Waals surface area (Å²) < 4.78 is 49.5. The number of nitrogens with zero attached hydrogens (tertiary/aromatic N) is 4. The highest BCUT2D eigenvalue weighted by molar-refractivity contribution is 6.38. The lowest BCUT2D eigenvalue weighted by Gasteiger charge is -2.36. The van der Waals surface area contributed by atoms with Crippen molar-refractivity contribution < 1.29 is 76.0 Å². The number of nitrogens with one attached hydrogen (secondary N) is 2. The Morgan fingerprint density at radius 1 is 0.798 bits per heavy atom. The number of carbonyl (C=O) groups is 9. The molecule has 1 fully saturated rings. The molecule has 6 amide bonds. The first-order valence-electron chi connectivity index (χ1n) is 30.1. The van der Waals surface area contributed by atoms with E-state index in [0.717, 1.165) is 16.8 Å². The lowest BCUT2D eigenvalue weighted by Crippen LogP contribution is -2.59. The number of likely N-dealkylation sites (N-methyl/N-ethyl adjacent to an activating group) is 3. The van der Waals surface area contributed by atoms with Gasteiger partial charge in [-0.15, -0.1) is 0 Å². The van der Waals surface area contributed by atoms with Crippen LogP contribution in [0.2, 0.25) is 0 Å². The molecule has 2 N–H and O–H groups in total. The Kier molecular flexibility index (Phi) is 26.7. The molecule has 89 heavy (non-hydrogen) atoms. The molecule has 0 saturated carbocycles. The van der Waals surface area contributed by atoms with Crippen LogP contribution >= 0.6 is 0 Å². The van der Waals surface area contributed by atoms with Crippen molar-refractivity contribution in [1.82, 2.24) is 30.2 Å². The summed E-state index contributed by atoms with van der Waals surface area (Å²) in [7, 11) is 7.20. The predicted octanol–water partition coefficient (Wildman–Crippen LogP) is 7.28. The van der Waals surface area contributed by atoms with Crippen LogP contribution in [0, 0.1) is 11.2 Å². The highest BCUT2D eigenvalue weighted by Crippen LogP contribution is 2.35. The number of fused-ring (bicyclic) bond motifs is 1. The second-order valence-electron chi connectivity index (χ2n) is 23.8. The van der Waals surface area contributed by atoms with Gasteiger partial charge in [0.2, 0.25) is 29.4 Å². The maximum absolute atomic E-state index is 15.3. The number of aryl methyl sites for hydroxylation is 1. The summed E-state index contributed by atoms with van der Waals surface area (Å²) in [6, 6.07) is 17.9. The predicted molar refractivity (Wildman–Crippen MR) is 332 cm³/mol. The second-order valence-corrected chi connectivity index (χ2v) is 23.8. The quantitative estimate of drug-likeness (QED) is 0.0277. The molecular formula is C67H89FN6O15. The van der Waals surface area contributed by atoms with Crippen molar-refractivity contribution in [1.29, 1.82) is 0 Å². The Balaban J connectivity index is 1.41. The molecule has 0 aliphatic carbocycles. The van der Waals surface area contributed by atoms with Gasteiger partial charge >= 0.3 is 11.9 Å². The molecule has 4 aromatic carbocycles. The molecule has 1 saturated heterocycles. The Labute approximate surface area is 521 Å². The Morgan fingerprint density at radius 3 is 2.18 bits per heavy atom. The molecule has 484 valence electrons. The molecule has 1 aliphatic heterocycles. The number of halogens is 1. The molecule has 1 heterocycles. The number of methoxy groups -OCH3 is 2. The van der Waals surface area contributed by atoms with E-state index in [-0.39, 0.29) is 75.0 Å². The molecule has 0 aromatic heterocycles. The Morgan fingerprint density at radius 2 is 1.52 bits per heavy atom. The first-order valence-corrected chi connectivity index (χ1v) is 30.1. The number of carbonyl (C=O) groups excluding carboxylic acids is 9. The van der Waals surface area contributed by atoms with Gasteiger partial charge in [-0.05, 0) is 132 Å². The number of ketones is 1. The van der Waals surface area contributed by atoms with E-state index >= 15 is 4.39 Å². The zero-order valence-electron chi connectivity index (χ0n) is 53.6. The van der Waals surface area contributed by atoms with Gasteiger partial charge in [0.25, 0.3) is 11.8 Å². The third kappa shape index (κ3) is 20.3. The van der Waals surface area contributed by atoms with Crippen LogP contribution in [0.4, 0.5) is 4.39 Å². The number of esters is 2. The van der Waals surface area contributed by atoms with Crippen LogP contribution in [0.3, 0.4) is 0 Å². The number of hydrogen-bond donors (Lipinski definition) is 2. The molecule has 21 nitrogen and oxygen atoms in total. The maximum atomic E-state index is 15.3. The highest BCUT2D eigenvalue weighted by Gasteiger charge is 2.43. The van der Waals surface area contributed by atoms with Gasteiger partial charge in [-0.2, -0.15) is 0 Å². The Bertz CT molecular complexity index is 3160. The van der Waals surface area contributed by atoms with Crippen molar-refractivity contribution in [2.24, 2.45) is 5.41 Å². The van der Waals surface area contributed by atoms with Crippen LogP contribution < -0.4 is 24.8 Å². The molecule has 0 radical (unpaired) electrons. The van der Waals surface area contributed by atoms with E-state index in [4.69, 9.17) is 28.4 Å². The molecule has 5 atom stereocenters. The van der Waals surface area contributed by atoms with Crippen LogP contribution in [-0.2, 0) is 70.2 Å². The molecule has 5 rings (SSSR count). The van der Waals surface area contributed by atoms with E-state index in [9.17, 15) is 43.2 Å². The van der Waals surface area contributed by atoms with Gasteiger partial charge < -0.3 is 58.7 Å². The van der Waals surface area contributed by atoms with Crippen LogP contribution in [0.25, 0.3) is 10.8 Å². The smallest absolute Gasteiger partial charge is 0.330 e. The van der Waals surface area contributed by atoms with Crippen LogP contribution in [0.1, 0.15) is 116 Å². The molecule has 0 unspecified atom stereocenters. The van der Waals surface area contributed by atoms with Gasteiger partial charge in [0.1, 0.15) is 42.6 Å². The number of hydrogen-bond acceptors (Lipinski definition) is 15. The third-order valence-electron chi connectivity index (χ3n) is 15.6. The van der Waals surface area contributed by atoms with Crippen molar-refractivity contribution in [3.05, 3.63) is 114 Å². The summed E-state index contributed by atoms with van der Waals surface area (Å²) in [6.45, 7) is 14.4. The third-order valence-corrected chi connectivity index (χ3v) is 15.6. The largest absolute Gasteiger partial charge is 0.493 e. The molecular weight excluding hydrogens is 1150 g/mol. The molecule has 22 heteroatoms. The number of likely N-dealkylation sites (tertiary alicyclic amines) is 1. The maximum Gasteiger partial charge on any atom is 0.330 e. The second kappa shape index (κ2) is 33.3. The average molecular weight is 1240 g/mol. The van der Waals surface area contributed by atoms with Gasteiger partial charge in [0.15, 0.2) is 23.9 Å². The van der Waals surface area contributed by atoms with E-state index in [1.165, 1.54) is 67.8 Å². The summed E-state index contributed by atoms with van der Waals surface area (Å²) in [6.07, 6.45) is 2.69. The minimum absolute atomic E-state index is 0.00125. The van der Waals surface area contributed by atoms with Gasteiger partial charge in [0.05, 0.1) is 38.4 Å². The van der Waals surface area contributed by atoms with E-state index in [1.54, 1.807) is 65.1 Å². The summed E-state index contributed by atoms with van der Waals surface area (Å²) in [5.74, 6) is -6.69. The van der Waals surface area contributed by atoms with Crippen molar-refractivity contribution in [2.75, 3.05) is 74.8 Å². The van der Waals surface area contributed by atoms with E-state index in [0.29, 0.717) is 48.9 Å². The number of rotatable bonds is 32. The topological polar surface area (TPSA) is 246 Å². The zero-order chi connectivity index (χ0) is 65.8.